The summed E-state index contributed by atoms with van der Waals surface area (Å²) in [6.07, 6.45) is 2.09. The second-order valence-corrected chi connectivity index (χ2v) is 6.49. The van der Waals surface area contributed by atoms with Gasteiger partial charge in [0.15, 0.2) is 0 Å². The Morgan fingerprint density at radius 2 is 2.33 bits per heavy atom. The Bertz CT molecular complexity index is 514. The van der Waals surface area contributed by atoms with Crippen molar-refractivity contribution in [2.24, 2.45) is 11.8 Å². The molecule has 2 unspecified atom stereocenters. The van der Waals surface area contributed by atoms with Crippen molar-refractivity contribution >= 4 is 23.2 Å². The number of carbonyl (C=O) groups is 2. The van der Waals surface area contributed by atoms with Crippen LogP contribution in [0, 0.1) is 11.8 Å². The van der Waals surface area contributed by atoms with Gasteiger partial charge in [0.05, 0.1) is 12.0 Å². The molecule has 0 bridgehead atoms. The summed E-state index contributed by atoms with van der Waals surface area (Å²) in [5.74, 6) is 0.317. The van der Waals surface area contributed by atoms with E-state index in [0.29, 0.717) is 17.2 Å². The van der Waals surface area contributed by atoms with Gasteiger partial charge in [-0.1, -0.05) is 6.92 Å². The van der Waals surface area contributed by atoms with Gasteiger partial charge in [0.2, 0.25) is 0 Å². The fourth-order valence-electron chi connectivity index (χ4n) is 2.79. The van der Waals surface area contributed by atoms with Crippen molar-refractivity contribution in [3.63, 3.8) is 0 Å². The number of aliphatic carboxylic acids is 1. The van der Waals surface area contributed by atoms with Crippen molar-refractivity contribution in [1.82, 2.24) is 4.90 Å². The molecule has 2 heterocycles. The molecule has 1 aliphatic heterocycles. The number of methoxy groups -OCH3 is 1. The van der Waals surface area contributed by atoms with E-state index in [9.17, 15) is 9.59 Å². The highest BCUT2D eigenvalue weighted by atomic mass is 32.1. The maximum Gasteiger partial charge on any atom is 0.303 e. The van der Waals surface area contributed by atoms with E-state index < -0.39 is 5.97 Å². The van der Waals surface area contributed by atoms with Gasteiger partial charge in [-0.05, 0) is 24.7 Å². The van der Waals surface area contributed by atoms with Gasteiger partial charge in [0.25, 0.3) is 5.91 Å². The maximum atomic E-state index is 12.5. The normalized spacial score (nSPS) is 20.1. The summed E-state index contributed by atoms with van der Waals surface area (Å²) in [6, 6.07) is 1.76. The number of carboxylic acids is 1. The van der Waals surface area contributed by atoms with Crippen LogP contribution >= 0.6 is 11.3 Å². The number of piperidine rings is 1. The van der Waals surface area contributed by atoms with Gasteiger partial charge in [-0.25, -0.2) is 0 Å². The van der Waals surface area contributed by atoms with E-state index in [1.807, 2.05) is 17.2 Å². The smallest absolute Gasteiger partial charge is 0.303 e. The Morgan fingerprint density at radius 3 is 2.95 bits per heavy atom. The minimum absolute atomic E-state index is 0.0236. The highest BCUT2D eigenvalue weighted by Gasteiger charge is 2.29. The molecule has 1 saturated heterocycles. The minimum atomic E-state index is -0.769. The SMILES string of the molecule is COc1csc(C(=O)N2CCCC(C(C)CC(=O)O)C2)c1. The number of carboxylic acid groups (broad SMARTS) is 1. The maximum absolute atomic E-state index is 12.5. The van der Waals surface area contributed by atoms with E-state index in [-0.39, 0.29) is 24.2 Å². The third kappa shape index (κ3) is 3.97. The summed E-state index contributed by atoms with van der Waals surface area (Å²) in [5.41, 5.74) is 0. The summed E-state index contributed by atoms with van der Waals surface area (Å²) < 4.78 is 5.11. The van der Waals surface area contributed by atoms with E-state index in [1.54, 1.807) is 13.2 Å². The summed E-state index contributed by atoms with van der Waals surface area (Å²) in [7, 11) is 1.58. The molecule has 0 aromatic carbocycles. The lowest BCUT2D eigenvalue weighted by Crippen LogP contribution is -2.41. The third-order valence-corrected chi connectivity index (χ3v) is 4.96. The highest BCUT2D eigenvalue weighted by Crippen LogP contribution is 2.29. The van der Waals surface area contributed by atoms with Gasteiger partial charge in [0.1, 0.15) is 5.75 Å². The first-order valence-electron chi connectivity index (χ1n) is 7.15. The van der Waals surface area contributed by atoms with E-state index in [2.05, 4.69) is 0 Å². The molecule has 1 N–H and O–H groups in total. The molecule has 0 spiro atoms. The quantitative estimate of drug-likeness (QED) is 0.908. The molecule has 1 fully saturated rings. The van der Waals surface area contributed by atoms with Crippen LogP contribution in [0.15, 0.2) is 11.4 Å². The van der Waals surface area contributed by atoms with Crippen LogP contribution in [0.3, 0.4) is 0 Å². The van der Waals surface area contributed by atoms with Crippen molar-refractivity contribution in [2.45, 2.75) is 26.2 Å². The molecule has 0 saturated carbocycles. The topological polar surface area (TPSA) is 66.8 Å². The van der Waals surface area contributed by atoms with Gasteiger partial charge in [-0.15, -0.1) is 11.3 Å². The average Bonchev–Trinajstić information content (AvgIpc) is 2.95. The van der Waals surface area contributed by atoms with Crippen molar-refractivity contribution in [2.75, 3.05) is 20.2 Å². The summed E-state index contributed by atoms with van der Waals surface area (Å²) in [6.45, 7) is 3.35. The molecule has 1 aliphatic rings. The Kier molecular flexibility index (Phi) is 5.22. The number of ether oxygens (including phenoxy) is 1. The van der Waals surface area contributed by atoms with E-state index >= 15 is 0 Å². The van der Waals surface area contributed by atoms with Crippen molar-refractivity contribution in [1.29, 1.82) is 0 Å². The van der Waals surface area contributed by atoms with Crippen LogP contribution < -0.4 is 4.74 Å². The Labute approximate surface area is 128 Å². The van der Waals surface area contributed by atoms with Crippen LogP contribution in [0.25, 0.3) is 0 Å². The third-order valence-electron chi connectivity index (χ3n) is 4.07. The molecule has 0 radical (unpaired) electrons. The van der Waals surface area contributed by atoms with Crippen LogP contribution in [-0.4, -0.2) is 42.1 Å². The minimum Gasteiger partial charge on any atom is -0.496 e. The number of thiophene rings is 1. The molecule has 1 aromatic rings. The van der Waals surface area contributed by atoms with Crippen molar-refractivity contribution < 1.29 is 19.4 Å². The monoisotopic (exact) mass is 311 g/mol. The number of rotatable bonds is 5. The van der Waals surface area contributed by atoms with Gasteiger partial charge in [-0.2, -0.15) is 0 Å². The van der Waals surface area contributed by atoms with Crippen molar-refractivity contribution in [3.8, 4) is 5.75 Å². The standard InChI is InChI=1S/C15H21NO4S/c1-10(6-14(17)18)11-4-3-5-16(8-11)15(19)13-7-12(20-2)9-21-13/h7,9-11H,3-6,8H2,1-2H3,(H,17,18). The lowest BCUT2D eigenvalue weighted by Gasteiger charge is -2.35. The number of carbonyl (C=O) groups excluding carboxylic acids is 1. The molecule has 0 aliphatic carbocycles. The summed E-state index contributed by atoms with van der Waals surface area (Å²) >= 11 is 1.39. The molecular formula is C15H21NO4S. The molecule has 2 rings (SSSR count). The van der Waals surface area contributed by atoms with Crippen LogP contribution in [0.1, 0.15) is 35.9 Å². The number of amides is 1. The number of hydrogen-bond acceptors (Lipinski definition) is 4. The first-order chi connectivity index (χ1) is 10.0. The lowest BCUT2D eigenvalue weighted by atomic mass is 9.84. The van der Waals surface area contributed by atoms with Crippen LogP contribution in [0.2, 0.25) is 0 Å². The zero-order chi connectivity index (χ0) is 15.4. The van der Waals surface area contributed by atoms with Crippen LogP contribution in [-0.2, 0) is 4.79 Å². The predicted molar refractivity (Wildman–Crippen MR) is 80.9 cm³/mol. The second-order valence-electron chi connectivity index (χ2n) is 5.58. The molecule has 5 nitrogen and oxygen atoms in total. The Hall–Kier alpha value is -1.56. The molecule has 1 aromatic heterocycles. The van der Waals surface area contributed by atoms with E-state index in [1.165, 1.54) is 11.3 Å². The lowest BCUT2D eigenvalue weighted by molar-refractivity contribution is -0.138. The number of hydrogen-bond donors (Lipinski definition) is 1. The molecule has 2 atom stereocenters. The van der Waals surface area contributed by atoms with Gasteiger partial charge >= 0.3 is 5.97 Å². The zero-order valence-corrected chi connectivity index (χ0v) is 13.2. The molecule has 1 amide bonds. The van der Waals surface area contributed by atoms with Gasteiger partial charge in [-0.3, -0.25) is 9.59 Å². The van der Waals surface area contributed by atoms with Gasteiger partial charge < -0.3 is 14.7 Å². The fraction of sp³-hybridized carbons (Fsp3) is 0.600. The average molecular weight is 311 g/mol. The van der Waals surface area contributed by atoms with Crippen LogP contribution in [0.4, 0.5) is 0 Å². The number of likely N-dealkylation sites (tertiary alicyclic amines) is 1. The highest BCUT2D eigenvalue weighted by molar-refractivity contribution is 7.12. The second kappa shape index (κ2) is 6.93. The van der Waals surface area contributed by atoms with E-state index in [4.69, 9.17) is 9.84 Å². The Balaban J connectivity index is 1.99. The summed E-state index contributed by atoms with van der Waals surface area (Å²) in [4.78, 5) is 25.8. The summed E-state index contributed by atoms with van der Waals surface area (Å²) in [5, 5.41) is 10.7. The molecule has 6 heteroatoms. The van der Waals surface area contributed by atoms with Crippen molar-refractivity contribution in [3.05, 3.63) is 16.3 Å². The molecular weight excluding hydrogens is 290 g/mol. The van der Waals surface area contributed by atoms with E-state index in [0.717, 1.165) is 19.4 Å². The molecule has 21 heavy (non-hydrogen) atoms. The predicted octanol–water partition coefficient (Wildman–Crippen LogP) is 2.72. The first kappa shape index (κ1) is 15.8. The largest absolute Gasteiger partial charge is 0.496 e. The molecule has 116 valence electrons. The van der Waals surface area contributed by atoms with Crippen LogP contribution in [0.5, 0.6) is 5.75 Å². The first-order valence-corrected chi connectivity index (χ1v) is 8.02. The zero-order valence-electron chi connectivity index (χ0n) is 12.4. The fourth-order valence-corrected chi connectivity index (χ4v) is 3.62. The number of nitrogens with zero attached hydrogens (tertiary/aromatic N) is 1. The van der Waals surface area contributed by atoms with Gasteiger partial charge in [0, 0.05) is 31.0 Å². The Morgan fingerprint density at radius 1 is 1.57 bits per heavy atom.